The average molecular weight is 330 g/mol. The summed E-state index contributed by atoms with van der Waals surface area (Å²) >= 11 is 0. The molecule has 1 amide bonds. The highest BCUT2D eigenvalue weighted by atomic mass is 16.4. The summed E-state index contributed by atoms with van der Waals surface area (Å²) in [5.74, 6) is 1.61. The van der Waals surface area contributed by atoms with Crippen molar-refractivity contribution in [3.8, 4) is 0 Å². The van der Waals surface area contributed by atoms with Crippen LogP contribution in [0.1, 0.15) is 53.7 Å². The number of nitrogens with one attached hydrogen (secondary N) is 2. The molecule has 3 N–H and O–H groups in total. The fourth-order valence-corrected chi connectivity index (χ4v) is 2.46. The van der Waals surface area contributed by atoms with Crippen molar-refractivity contribution in [3.05, 3.63) is 41.6 Å². The fraction of sp³-hybridized carbons (Fsp3) is 0.471. The number of amides is 1. The summed E-state index contributed by atoms with van der Waals surface area (Å²) in [5.41, 5.74) is 1.47. The van der Waals surface area contributed by atoms with E-state index in [-0.39, 0.29) is 12.5 Å². The van der Waals surface area contributed by atoms with Gasteiger partial charge in [-0.25, -0.2) is 0 Å². The maximum absolute atomic E-state index is 11.9. The largest absolute Gasteiger partial charge is 0.423 e. The zero-order chi connectivity index (χ0) is 16.8. The number of aromatic nitrogens is 2. The molecule has 1 saturated carbocycles. The predicted molar refractivity (Wildman–Crippen MR) is 88.7 cm³/mol. The first kappa shape index (κ1) is 16.4. The van der Waals surface area contributed by atoms with Crippen LogP contribution in [0.5, 0.6) is 0 Å². The van der Waals surface area contributed by atoms with Crippen LogP contribution in [0.3, 0.4) is 0 Å². The van der Waals surface area contributed by atoms with Gasteiger partial charge in [-0.2, -0.15) is 0 Å². The quantitative estimate of drug-likeness (QED) is 0.641. The Morgan fingerprint density at radius 3 is 2.71 bits per heavy atom. The van der Waals surface area contributed by atoms with Crippen molar-refractivity contribution >= 4 is 11.6 Å². The molecule has 0 saturated heterocycles. The monoisotopic (exact) mass is 330 g/mol. The van der Waals surface area contributed by atoms with Crippen molar-refractivity contribution in [2.45, 2.75) is 38.1 Å². The van der Waals surface area contributed by atoms with E-state index < -0.39 is 0 Å². The Kier molecular flexibility index (Phi) is 5.43. The maximum Gasteiger partial charge on any atom is 0.251 e. The normalized spacial score (nSPS) is 14.2. The van der Waals surface area contributed by atoms with Gasteiger partial charge in [-0.1, -0.05) is 6.42 Å². The van der Waals surface area contributed by atoms with Crippen LogP contribution in [0.25, 0.3) is 0 Å². The molecule has 0 radical (unpaired) electrons. The zero-order valence-corrected chi connectivity index (χ0v) is 13.5. The minimum Gasteiger partial charge on any atom is -0.423 e. The molecular formula is C17H22N4O3. The molecule has 0 unspecified atom stereocenters. The first-order chi connectivity index (χ1) is 11.8. The van der Waals surface area contributed by atoms with Crippen LogP contribution in [-0.2, 0) is 6.54 Å². The van der Waals surface area contributed by atoms with E-state index in [4.69, 9.17) is 9.52 Å². The maximum atomic E-state index is 11.9. The summed E-state index contributed by atoms with van der Waals surface area (Å²) in [7, 11) is 0. The molecule has 1 aromatic carbocycles. The minimum absolute atomic E-state index is 0.0707. The lowest BCUT2D eigenvalue weighted by atomic mass is 9.85. The summed E-state index contributed by atoms with van der Waals surface area (Å²) in [5, 5.41) is 22.8. The van der Waals surface area contributed by atoms with Crippen molar-refractivity contribution < 1.29 is 14.3 Å². The predicted octanol–water partition coefficient (Wildman–Crippen LogP) is 2.06. The van der Waals surface area contributed by atoms with Gasteiger partial charge in [-0.15, -0.1) is 10.2 Å². The molecule has 3 rings (SSSR count). The lowest BCUT2D eigenvalue weighted by molar-refractivity contribution is 0.0951. The first-order valence-electron chi connectivity index (χ1n) is 8.31. The third kappa shape index (κ3) is 4.11. The van der Waals surface area contributed by atoms with E-state index in [0.717, 1.165) is 24.4 Å². The zero-order valence-electron chi connectivity index (χ0n) is 13.5. The fourth-order valence-electron chi connectivity index (χ4n) is 2.46. The number of aliphatic hydroxyl groups excluding tert-OH is 1. The van der Waals surface area contributed by atoms with Crippen molar-refractivity contribution in [2.24, 2.45) is 0 Å². The van der Waals surface area contributed by atoms with Gasteiger partial charge in [0.1, 0.15) is 0 Å². The second-order valence-electron chi connectivity index (χ2n) is 5.93. The Hall–Kier alpha value is -2.41. The van der Waals surface area contributed by atoms with Gasteiger partial charge in [0.05, 0.1) is 6.54 Å². The van der Waals surface area contributed by atoms with Crippen LogP contribution in [0.4, 0.5) is 5.69 Å². The number of anilines is 1. The number of hydrogen-bond acceptors (Lipinski definition) is 6. The van der Waals surface area contributed by atoms with Crippen LogP contribution < -0.4 is 10.6 Å². The molecule has 24 heavy (non-hydrogen) atoms. The average Bonchev–Trinajstić information content (AvgIpc) is 3.00. The molecule has 0 spiro atoms. The van der Waals surface area contributed by atoms with E-state index in [0.29, 0.717) is 36.9 Å². The van der Waals surface area contributed by atoms with Crippen LogP contribution >= 0.6 is 0 Å². The molecule has 0 atom stereocenters. The Labute approximate surface area is 140 Å². The van der Waals surface area contributed by atoms with Gasteiger partial charge in [0.25, 0.3) is 5.91 Å². The molecule has 0 aliphatic heterocycles. The van der Waals surface area contributed by atoms with E-state index in [1.807, 2.05) is 12.1 Å². The highest BCUT2D eigenvalue weighted by Gasteiger charge is 2.24. The molecule has 1 aliphatic rings. The summed E-state index contributed by atoms with van der Waals surface area (Å²) in [6, 6.07) is 7.18. The second-order valence-corrected chi connectivity index (χ2v) is 5.93. The number of hydrogen-bond donors (Lipinski definition) is 3. The second kappa shape index (κ2) is 7.92. The number of carbonyl (C=O) groups excluding carboxylic acids is 1. The number of aliphatic hydroxyl groups is 1. The molecule has 7 heteroatoms. The molecule has 1 fully saturated rings. The molecule has 7 nitrogen and oxygen atoms in total. The summed E-state index contributed by atoms with van der Waals surface area (Å²) in [6.45, 7) is 0.999. The highest BCUT2D eigenvalue weighted by molar-refractivity contribution is 5.94. The van der Waals surface area contributed by atoms with Gasteiger partial charge in [0.2, 0.25) is 11.8 Å². The smallest absolute Gasteiger partial charge is 0.251 e. The summed E-state index contributed by atoms with van der Waals surface area (Å²) in [4.78, 5) is 11.9. The topological polar surface area (TPSA) is 100 Å². The summed E-state index contributed by atoms with van der Waals surface area (Å²) < 4.78 is 5.66. The van der Waals surface area contributed by atoms with Gasteiger partial charge >= 0.3 is 0 Å². The third-order valence-corrected chi connectivity index (χ3v) is 4.15. The Morgan fingerprint density at radius 1 is 1.25 bits per heavy atom. The van der Waals surface area contributed by atoms with Crippen LogP contribution in [0, 0.1) is 0 Å². The van der Waals surface area contributed by atoms with Crippen molar-refractivity contribution in [1.82, 2.24) is 15.5 Å². The van der Waals surface area contributed by atoms with E-state index in [1.54, 1.807) is 12.1 Å². The Bertz CT molecular complexity index is 665. The van der Waals surface area contributed by atoms with Crippen molar-refractivity contribution in [2.75, 3.05) is 18.5 Å². The Morgan fingerprint density at radius 2 is 2.04 bits per heavy atom. The van der Waals surface area contributed by atoms with E-state index in [2.05, 4.69) is 20.8 Å². The number of carbonyl (C=O) groups is 1. The molecule has 1 aliphatic carbocycles. The van der Waals surface area contributed by atoms with E-state index in [1.165, 1.54) is 6.42 Å². The SMILES string of the molecule is O=C(NCCCO)c1ccc(NCc2nnc(C3CCC3)o2)cc1. The van der Waals surface area contributed by atoms with E-state index >= 15 is 0 Å². The molecule has 128 valence electrons. The third-order valence-electron chi connectivity index (χ3n) is 4.15. The summed E-state index contributed by atoms with van der Waals surface area (Å²) in [6.07, 6.45) is 4.06. The van der Waals surface area contributed by atoms with Gasteiger partial charge in [-0.05, 0) is 43.5 Å². The van der Waals surface area contributed by atoms with Gasteiger partial charge in [-0.3, -0.25) is 4.79 Å². The van der Waals surface area contributed by atoms with Crippen molar-refractivity contribution in [3.63, 3.8) is 0 Å². The molecule has 2 aromatic rings. The van der Waals surface area contributed by atoms with E-state index in [9.17, 15) is 4.79 Å². The molecule has 1 aromatic heterocycles. The Balaban J connectivity index is 1.48. The number of rotatable bonds is 8. The minimum atomic E-state index is -0.142. The molecule has 0 bridgehead atoms. The molecule has 1 heterocycles. The van der Waals surface area contributed by atoms with Crippen LogP contribution in [-0.4, -0.2) is 34.4 Å². The number of nitrogens with zero attached hydrogens (tertiary/aromatic N) is 2. The van der Waals surface area contributed by atoms with Crippen LogP contribution in [0.2, 0.25) is 0 Å². The first-order valence-corrected chi connectivity index (χ1v) is 8.31. The van der Waals surface area contributed by atoms with Gasteiger partial charge < -0.3 is 20.2 Å². The lowest BCUT2D eigenvalue weighted by Crippen LogP contribution is -2.24. The number of benzene rings is 1. The van der Waals surface area contributed by atoms with Crippen molar-refractivity contribution in [1.29, 1.82) is 0 Å². The van der Waals surface area contributed by atoms with Crippen LogP contribution in [0.15, 0.2) is 28.7 Å². The van der Waals surface area contributed by atoms with Gasteiger partial charge in [0.15, 0.2) is 0 Å². The lowest BCUT2D eigenvalue weighted by Gasteiger charge is -2.20. The highest BCUT2D eigenvalue weighted by Crippen LogP contribution is 2.35. The standard InChI is InChI=1S/C17H22N4O3/c22-10-2-9-18-16(23)12-5-7-14(8-6-12)19-11-15-20-21-17(24-15)13-3-1-4-13/h5-8,13,19,22H,1-4,9-11H2,(H,18,23). The van der Waals surface area contributed by atoms with Gasteiger partial charge in [0, 0.05) is 30.3 Å². The molecular weight excluding hydrogens is 308 g/mol.